The van der Waals surface area contributed by atoms with Gasteiger partial charge in [-0.1, -0.05) is 42.2 Å². The highest BCUT2D eigenvalue weighted by Gasteiger charge is 2.22. The minimum Gasteiger partial charge on any atom is -0.344 e. The monoisotopic (exact) mass is 384 g/mol. The zero-order chi connectivity index (χ0) is 19.9. The second kappa shape index (κ2) is 9.12. The number of likely N-dealkylation sites (N-methyl/N-ethyl adjacent to an activating group) is 1. The fraction of sp³-hybridized carbons (Fsp3) is 0.200. The number of nitrogens with zero attached hydrogens (tertiary/aromatic N) is 1. The Morgan fingerprint density at radius 3 is 2.26 bits per heavy atom. The summed E-state index contributed by atoms with van der Waals surface area (Å²) in [6.07, 6.45) is 0. The van der Waals surface area contributed by atoms with Crippen molar-refractivity contribution in [3.63, 3.8) is 0 Å². The van der Waals surface area contributed by atoms with Crippen LogP contribution in [-0.2, 0) is 14.8 Å². The second-order valence-corrected chi connectivity index (χ2v) is 7.83. The molecular formula is C20H20N2O4S. The lowest BCUT2D eigenvalue weighted by molar-refractivity contribution is -0.120. The van der Waals surface area contributed by atoms with Gasteiger partial charge in [0.25, 0.3) is 0 Å². The second-order valence-electron chi connectivity index (χ2n) is 5.79. The van der Waals surface area contributed by atoms with Gasteiger partial charge in [0.1, 0.15) is 0 Å². The molecule has 0 spiro atoms. The highest BCUT2D eigenvalue weighted by atomic mass is 32.2. The Balaban J connectivity index is 1.92. The first-order valence-corrected chi connectivity index (χ1v) is 9.62. The number of nitrogens with one attached hydrogen (secondary N) is 1. The van der Waals surface area contributed by atoms with Gasteiger partial charge >= 0.3 is 0 Å². The van der Waals surface area contributed by atoms with Gasteiger partial charge in [0.05, 0.1) is 18.0 Å². The average Bonchev–Trinajstić information content (AvgIpc) is 2.66. The molecule has 0 radical (unpaired) electrons. The van der Waals surface area contributed by atoms with Crippen LogP contribution in [0.1, 0.15) is 22.8 Å². The van der Waals surface area contributed by atoms with Crippen molar-refractivity contribution in [2.24, 2.45) is 0 Å². The third kappa shape index (κ3) is 5.78. The molecular weight excluding hydrogens is 364 g/mol. The lowest BCUT2D eigenvalue weighted by Crippen LogP contribution is -2.38. The summed E-state index contributed by atoms with van der Waals surface area (Å²) in [5.41, 5.74) is 1.26. The summed E-state index contributed by atoms with van der Waals surface area (Å²) in [5, 5.41) is 2.57. The first kappa shape index (κ1) is 20.4. The molecule has 0 atom stereocenters. The summed E-state index contributed by atoms with van der Waals surface area (Å²) in [4.78, 5) is 23.3. The molecule has 0 saturated carbocycles. The van der Waals surface area contributed by atoms with Gasteiger partial charge in [0.15, 0.2) is 5.78 Å². The van der Waals surface area contributed by atoms with Crippen LogP contribution in [0.15, 0.2) is 59.5 Å². The van der Waals surface area contributed by atoms with Crippen molar-refractivity contribution in [1.82, 2.24) is 9.62 Å². The zero-order valence-corrected chi connectivity index (χ0v) is 15.9. The predicted octanol–water partition coefficient (Wildman–Crippen LogP) is 1.68. The molecule has 0 heterocycles. The molecule has 0 aliphatic rings. The summed E-state index contributed by atoms with van der Waals surface area (Å²) in [5.74, 6) is 5.11. The van der Waals surface area contributed by atoms with Crippen LogP contribution in [0.2, 0.25) is 0 Å². The molecule has 7 heteroatoms. The number of benzene rings is 2. The van der Waals surface area contributed by atoms with E-state index in [4.69, 9.17) is 0 Å². The van der Waals surface area contributed by atoms with E-state index in [9.17, 15) is 18.0 Å². The van der Waals surface area contributed by atoms with Crippen LogP contribution in [0, 0.1) is 11.8 Å². The molecule has 2 rings (SSSR count). The molecule has 1 N–H and O–H groups in total. The van der Waals surface area contributed by atoms with Crippen LogP contribution in [-0.4, -0.2) is 44.6 Å². The summed E-state index contributed by atoms with van der Waals surface area (Å²) in [7, 11) is -2.50. The number of carbonyl (C=O) groups is 2. The van der Waals surface area contributed by atoms with Gasteiger partial charge in [0.2, 0.25) is 15.9 Å². The summed E-state index contributed by atoms with van der Waals surface area (Å²) < 4.78 is 25.9. The predicted molar refractivity (Wildman–Crippen MR) is 103 cm³/mol. The number of Topliss-reactive ketones (excluding diaryl/α,β-unsaturated/α-hetero) is 1. The molecule has 0 fully saturated rings. The normalized spacial score (nSPS) is 10.8. The number of hydrogen-bond donors (Lipinski definition) is 1. The molecule has 0 saturated heterocycles. The molecule has 140 valence electrons. The molecule has 0 aromatic heterocycles. The maximum atomic E-state index is 12.5. The van der Waals surface area contributed by atoms with Gasteiger partial charge in [-0.15, -0.1) is 0 Å². The molecule has 6 nitrogen and oxygen atoms in total. The topological polar surface area (TPSA) is 83.6 Å². The maximum Gasteiger partial charge on any atom is 0.243 e. The molecule has 2 aromatic carbocycles. The fourth-order valence-corrected chi connectivity index (χ4v) is 3.32. The van der Waals surface area contributed by atoms with Gasteiger partial charge in [-0.25, -0.2) is 8.42 Å². The SMILES string of the molecule is CC(=O)c1ccc(S(=O)(=O)N(C)CC(=O)NCC#Cc2ccccc2)cc1. The van der Waals surface area contributed by atoms with Crippen LogP contribution in [0.4, 0.5) is 0 Å². The van der Waals surface area contributed by atoms with Crippen molar-refractivity contribution in [2.75, 3.05) is 20.1 Å². The van der Waals surface area contributed by atoms with E-state index < -0.39 is 15.9 Å². The Morgan fingerprint density at radius 2 is 1.67 bits per heavy atom. The van der Waals surface area contributed by atoms with Crippen molar-refractivity contribution in [1.29, 1.82) is 0 Å². The van der Waals surface area contributed by atoms with Gasteiger partial charge in [0, 0.05) is 18.2 Å². The number of ketones is 1. The van der Waals surface area contributed by atoms with Crippen LogP contribution in [0.25, 0.3) is 0 Å². The smallest absolute Gasteiger partial charge is 0.243 e. The number of hydrogen-bond acceptors (Lipinski definition) is 4. The lowest BCUT2D eigenvalue weighted by Gasteiger charge is -2.16. The average molecular weight is 384 g/mol. The van der Waals surface area contributed by atoms with Crippen molar-refractivity contribution >= 4 is 21.7 Å². The fourth-order valence-electron chi connectivity index (χ4n) is 2.20. The van der Waals surface area contributed by atoms with E-state index in [-0.39, 0.29) is 23.8 Å². The first-order chi connectivity index (χ1) is 12.8. The Hall–Kier alpha value is -2.95. The third-order valence-electron chi connectivity index (χ3n) is 3.72. The third-order valence-corrected chi connectivity index (χ3v) is 5.53. The van der Waals surface area contributed by atoms with E-state index in [1.54, 1.807) is 0 Å². The standard InChI is InChI=1S/C20H20N2O4S/c1-16(23)18-10-12-19(13-11-18)27(25,26)22(2)15-20(24)21-14-6-9-17-7-4-3-5-8-17/h3-5,7-8,10-13H,14-15H2,1-2H3,(H,21,24). The Bertz CT molecular complexity index is 972. The molecule has 2 aromatic rings. The maximum absolute atomic E-state index is 12.5. The highest BCUT2D eigenvalue weighted by Crippen LogP contribution is 2.15. The largest absolute Gasteiger partial charge is 0.344 e. The quantitative estimate of drug-likeness (QED) is 0.607. The van der Waals surface area contributed by atoms with Crippen molar-refractivity contribution in [3.05, 3.63) is 65.7 Å². The molecule has 1 amide bonds. The molecule has 0 aliphatic carbocycles. The van der Waals surface area contributed by atoms with Crippen LogP contribution < -0.4 is 5.32 Å². The molecule has 27 heavy (non-hydrogen) atoms. The van der Waals surface area contributed by atoms with Gasteiger partial charge in [-0.05, 0) is 31.2 Å². The summed E-state index contributed by atoms with van der Waals surface area (Å²) >= 11 is 0. The first-order valence-electron chi connectivity index (χ1n) is 8.18. The zero-order valence-electron chi connectivity index (χ0n) is 15.1. The summed E-state index contributed by atoms with van der Waals surface area (Å²) in [6, 6.07) is 14.9. The minimum absolute atomic E-state index is 0.0201. The molecule has 0 aliphatic heterocycles. The van der Waals surface area contributed by atoms with E-state index in [1.807, 2.05) is 30.3 Å². The number of carbonyl (C=O) groups excluding carboxylic acids is 2. The number of sulfonamides is 1. The van der Waals surface area contributed by atoms with Gasteiger partial charge < -0.3 is 5.32 Å². The van der Waals surface area contributed by atoms with Crippen molar-refractivity contribution in [3.8, 4) is 11.8 Å². The Labute approximate surface area is 159 Å². The summed E-state index contributed by atoms with van der Waals surface area (Å²) in [6.45, 7) is 1.19. The number of rotatable bonds is 6. The van der Waals surface area contributed by atoms with Gasteiger partial charge in [-0.3, -0.25) is 9.59 Å². The van der Waals surface area contributed by atoms with E-state index in [0.29, 0.717) is 5.56 Å². The van der Waals surface area contributed by atoms with Gasteiger partial charge in [-0.2, -0.15) is 4.31 Å². The Morgan fingerprint density at radius 1 is 1.04 bits per heavy atom. The Kier molecular flexibility index (Phi) is 6.88. The number of amides is 1. The van der Waals surface area contributed by atoms with Crippen molar-refractivity contribution in [2.45, 2.75) is 11.8 Å². The lowest BCUT2D eigenvalue weighted by atomic mass is 10.2. The van der Waals surface area contributed by atoms with E-state index in [1.165, 1.54) is 38.2 Å². The van der Waals surface area contributed by atoms with Crippen LogP contribution in [0.5, 0.6) is 0 Å². The van der Waals surface area contributed by atoms with Crippen molar-refractivity contribution < 1.29 is 18.0 Å². The molecule has 0 bridgehead atoms. The molecule has 0 unspecified atom stereocenters. The van der Waals surface area contributed by atoms with Crippen LogP contribution >= 0.6 is 0 Å². The van der Waals surface area contributed by atoms with E-state index in [0.717, 1.165) is 9.87 Å². The van der Waals surface area contributed by atoms with E-state index >= 15 is 0 Å². The van der Waals surface area contributed by atoms with Crippen LogP contribution in [0.3, 0.4) is 0 Å². The highest BCUT2D eigenvalue weighted by molar-refractivity contribution is 7.89. The van der Waals surface area contributed by atoms with E-state index in [2.05, 4.69) is 17.2 Å². The minimum atomic E-state index is -3.82.